The first-order chi connectivity index (χ1) is 13.9. The van der Waals surface area contributed by atoms with Gasteiger partial charge < -0.3 is 14.8 Å². The lowest BCUT2D eigenvalue weighted by molar-refractivity contribution is -0.384. The van der Waals surface area contributed by atoms with Crippen molar-refractivity contribution in [1.82, 2.24) is 10.7 Å². The predicted molar refractivity (Wildman–Crippen MR) is 117 cm³/mol. The molecule has 154 valence electrons. The summed E-state index contributed by atoms with van der Waals surface area (Å²) in [5.74, 6) is 1.25. The highest BCUT2D eigenvalue weighted by Crippen LogP contribution is 2.23. The maximum atomic E-state index is 11.0. The van der Waals surface area contributed by atoms with Gasteiger partial charge in [0.05, 0.1) is 11.1 Å². The number of nitrogens with zero attached hydrogens (tertiary/aromatic N) is 2. The normalized spacial score (nSPS) is 10.6. The number of nitro groups is 1. The van der Waals surface area contributed by atoms with Crippen LogP contribution in [0.4, 0.5) is 5.69 Å². The molecule has 2 rings (SSSR count). The molecule has 0 bridgehead atoms. The van der Waals surface area contributed by atoms with E-state index in [1.807, 2.05) is 19.1 Å². The summed E-state index contributed by atoms with van der Waals surface area (Å²) in [6.45, 7) is 4.73. The van der Waals surface area contributed by atoms with Crippen LogP contribution in [-0.2, 0) is 6.42 Å². The molecular weight excluding hydrogens is 392 g/mol. The molecule has 0 aromatic heterocycles. The largest absolute Gasteiger partial charge is 0.490 e. The van der Waals surface area contributed by atoms with Crippen LogP contribution in [0.3, 0.4) is 0 Å². The molecule has 0 aliphatic heterocycles. The van der Waals surface area contributed by atoms with E-state index >= 15 is 0 Å². The van der Waals surface area contributed by atoms with Crippen LogP contribution in [0.2, 0.25) is 0 Å². The van der Waals surface area contributed by atoms with Gasteiger partial charge in [-0.25, -0.2) is 0 Å². The minimum atomic E-state index is -0.473. The Balaban J connectivity index is 2.02. The van der Waals surface area contributed by atoms with E-state index < -0.39 is 4.92 Å². The lowest BCUT2D eigenvalue weighted by atomic mass is 10.1. The SMILES string of the molecule is CCc1cc(C)cc(OCCOc2ccc([N+](=O)[O-])cc2/C=N\NC(=S)NC)c1. The third kappa shape index (κ3) is 7.04. The van der Waals surface area contributed by atoms with Crippen LogP contribution in [-0.4, -0.2) is 36.5 Å². The lowest BCUT2D eigenvalue weighted by Crippen LogP contribution is -2.28. The number of rotatable bonds is 9. The van der Waals surface area contributed by atoms with Crippen LogP contribution in [0.1, 0.15) is 23.6 Å². The summed E-state index contributed by atoms with van der Waals surface area (Å²) in [6, 6.07) is 10.4. The molecule has 0 amide bonds. The number of non-ortho nitro benzene ring substituents is 1. The van der Waals surface area contributed by atoms with E-state index in [-0.39, 0.29) is 12.3 Å². The number of nitro benzene ring substituents is 1. The van der Waals surface area contributed by atoms with E-state index in [0.717, 1.165) is 17.7 Å². The number of ether oxygens (including phenoxy) is 2. The van der Waals surface area contributed by atoms with Gasteiger partial charge in [0.2, 0.25) is 0 Å². The topological polar surface area (TPSA) is 98.0 Å². The van der Waals surface area contributed by atoms with Crippen LogP contribution in [0.25, 0.3) is 0 Å². The molecule has 8 nitrogen and oxygen atoms in total. The number of thiocarbonyl (C=S) groups is 1. The van der Waals surface area contributed by atoms with E-state index in [1.54, 1.807) is 7.05 Å². The second-order valence-electron chi connectivity index (χ2n) is 6.13. The highest BCUT2D eigenvalue weighted by molar-refractivity contribution is 7.80. The number of hydrazone groups is 1. The van der Waals surface area contributed by atoms with Crippen molar-refractivity contribution in [1.29, 1.82) is 0 Å². The predicted octanol–water partition coefficient (Wildman–Crippen LogP) is 3.35. The second kappa shape index (κ2) is 11.0. The zero-order valence-electron chi connectivity index (χ0n) is 16.6. The Morgan fingerprint density at radius 3 is 2.69 bits per heavy atom. The third-order valence-corrected chi connectivity index (χ3v) is 4.22. The highest BCUT2D eigenvalue weighted by Gasteiger charge is 2.11. The van der Waals surface area contributed by atoms with Crippen molar-refractivity contribution in [2.45, 2.75) is 20.3 Å². The summed E-state index contributed by atoms with van der Waals surface area (Å²) >= 11 is 4.94. The Labute approximate surface area is 175 Å². The van der Waals surface area contributed by atoms with Crippen molar-refractivity contribution >= 4 is 29.2 Å². The minimum Gasteiger partial charge on any atom is -0.490 e. The molecular formula is C20H24N4O4S. The van der Waals surface area contributed by atoms with Gasteiger partial charge in [0.15, 0.2) is 5.11 Å². The van der Waals surface area contributed by atoms with E-state index in [2.05, 4.69) is 28.8 Å². The van der Waals surface area contributed by atoms with Crippen LogP contribution in [0.15, 0.2) is 41.5 Å². The van der Waals surface area contributed by atoms with Crippen LogP contribution in [0, 0.1) is 17.0 Å². The highest BCUT2D eigenvalue weighted by atomic mass is 32.1. The number of aryl methyl sites for hydroxylation is 2. The molecule has 0 aliphatic rings. The third-order valence-electron chi connectivity index (χ3n) is 3.93. The number of benzene rings is 2. The Bertz CT molecular complexity index is 902. The molecule has 0 saturated heterocycles. The van der Waals surface area contributed by atoms with Gasteiger partial charge >= 0.3 is 0 Å². The average Bonchev–Trinajstić information content (AvgIpc) is 2.71. The molecule has 29 heavy (non-hydrogen) atoms. The smallest absolute Gasteiger partial charge is 0.270 e. The Hall–Kier alpha value is -3.20. The van der Waals surface area contributed by atoms with Crippen molar-refractivity contribution in [2.75, 3.05) is 20.3 Å². The fourth-order valence-electron chi connectivity index (χ4n) is 2.52. The zero-order chi connectivity index (χ0) is 21.2. The summed E-state index contributed by atoms with van der Waals surface area (Å²) in [6.07, 6.45) is 2.35. The van der Waals surface area contributed by atoms with Crippen molar-refractivity contribution in [3.63, 3.8) is 0 Å². The summed E-state index contributed by atoms with van der Waals surface area (Å²) in [5, 5.41) is 18.1. The zero-order valence-corrected chi connectivity index (χ0v) is 17.4. The van der Waals surface area contributed by atoms with Crippen molar-refractivity contribution < 1.29 is 14.4 Å². The summed E-state index contributed by atoms with van der Waals surface area (Å²) < 4.78 is 11.5. The Morgan fingerprint density at radius 1 is 1.24 bits per heavy atom. The fraction of sp³-hybridized carbons (Fsp3) is 0.300. The first-order valence-electron chi connectivity index (χ1n) is 9.08. The Morgan fingerprint density at radius 2 is 2.00 bits per heavy atom. The summed E-state index contributed by atoms with van der Waals surface area (Å²) in [4.78, 5) is 10.6. The number of hydrogen-bond donors (Lipinski definition) is 2. The van der Waals surface area contributed by atoms with Gasteiger partial charge in [0, 0.05) is 24.7 Å². The molecule has 0 fully saturated rings. The minimum absolute atomic E-state index is 0.0573. The maximum Gasteiger partial charge on any atom is 0.270 e. The summed E-state index contributed by atoms with van der Waals surface area (Å²) in [7, 11) is 1.66. The average molecular weight is 417 g/mol. The van der Waals surface area contributed by atoms with Crippen molar-refractivity contribution in [3.05, 3.63) is 63.2 Å². The molecule has 0 unspecified atom stereocenters. The fourth-order valence-corrected chi connectivity index (χ4v) is 2.57. The quantitative estimate of drug-likeness (QED) is 0.213. The molecule has 0 heterocycles. The van der Waals surface area contributed by atoms with Gasteiger partial charge in [-0.05, 0) is 54.9 Å². The molecule has 0 aliphatic carbocycles. The standard InChI is InChI=1S/C20H24N4O4S/c1-4-15-9-14(2)10-18(11-15)27-7-8-28-19-6-5-17(24(25)26)12-16(19)13-22-23-20(29)21-3/h5-6,9-13H,4,7-8H2,1-3H3,(H2,21,23,29)/b22-13-. The van der Waals surface area contributed by atoms with Gasteiger partial charge in [-0.1, -0.05) is 13.0 Å². The van der Waals surface area contributed by atoms with Crippen LogP contribution in [0.5, 0.6) is 11.5 Å². The van der Waals surface area contributed by atoms with Crippen LogP contribution < -0.4 is 20.2 Å². The lowest BCUT2D eigenvalue weighted by Gasteiger charge is -2.12. The first-order valence-corrected chi connectivity index (χ1v) is 9.49. The number of hydrogen-bond acceptors (Lipinski definition) is 6. The number of nitrogens with one attached hydrogen (secondary N) is 2. The van der Waals surface area contributed by atoms with Crippen molar-refractivity contribution in [2.24, 2.45) is 5.10 Å². The molecule has 9 heteroatoms. The second-order valence-corrected chi connectivity index (χ2v) is 6.54. The van der Waals surface area contributed by atoms with Crippen molar-refractivity contribution in [3.8, 4) is 11.5 Å². The molecule has 0 spiro atoms. The molecule has 0 saturated carbocycles. The molecule has 0 atom stereocenters. The Kier molecular flexibility index (Phi) is 8.35. The van der Waals surface area contributed by atoms with Gasteiger partial charge in [0.25, 0.3) is 5.69 Å². The van der Waals surface area contributed by atoms with Crippen LogP contribution >= 0.6 is 12.2 Å². The van der Waals surface area contributed by atoms with Gasteiger partial charge in [-0.15, -0.1) is 0 Å². The maximum absolute atomic E-state index is 11.0. The van der Waals surface area contributed by atoms with Gasteiger partial charge in [-0.2, -0.15) is 5.10 Å². The van der Waals surface area contributed by atoms with E-state index in [9.17, 15) is 10.1 Å². The van der Waals surface area contributed by atoms with Gasteiger partial charge in [0.1, 0.15) is 24.7 Å². The monoisotopic (exact) mass is 416 g/mol. The molecule has 2 N–H and O–H groups in total. The first kappa shape index (κ1) is 22.1. The van der Waals surface area contributed by atoms with Gasteiger partial charge in [-0.3, -0.25) is 15.5 Å². The molecule has 2 aromatic rings. The molecule has 0 radical (unpaired) electrons. The van der Waals surface area contributed by atoms with E-state index in [0.29, 0.717) is 23.0 Å². The van der Waals surface area contributed by atoms with E-state index in [4.69, 9.17) is 21.7 Å². The summed E-state index contributed by atoms with van der Waals surface area (Å²) in [5.41, 5.74) is 5.35. The van der Waals surface area contributed by atoms with E-state index in [1.165, 1.54) is 30.0 Å². The molecule has 2 aromatic carbocycles.